The summed E-state index contributed by atoms with van der Waals surface area (Å²) in [5.74, 6) is 0. The second-order valence-corrected chi connectivity index (χ2v) is 3.44. The van der Waals surface area contributed by atoms with E-state index in [0.29, 0.717) is 11.1 Å². The molecule has 84 valence electrons. The standard InChI is InChI=1S/C12H13NO3/c1-15-12(16-2)10-7-8-5-3-4-6-9(8)11(14)13-10/h3-7,12H,1-2H3,(H,13,14). The maximum Gasteiger partial charge on any atom is 0.256 e. The molecule has 2 aromatic rings. The highest BCUT2D eigenvalue weighted by Gasteiger charge is 2.11. The van der Waals surface area contributed by atoms with Gasteiger partial charge in [-0.1, -0.05) is 18.2 Å². The first-order valence-corrected chi connectivity index (χ1v) is 4.94. The number of methoxy groups -OCH3 is 2. The molecule has 0 saturated carbocycles. The number of hydrogen-bond donors (Lipinski definition) is 1. The zero-order valence-electron chi connectivity index (χ0n) is 9.19. The lowest BCUT2D eigenvalue weighted by Gasteiger charge is -2.13. The molecule has 0 amide bonds. The molecule has 0 aliphatic heterocycles. The first kappa shape index (κ1) is 10.9. The Bertz CT molecular complexity index is 543. The van der Waals surface area contributed by atoms with Gasteiger partial charge in [-0.25, -0.2) is 0 Å². The monoisotopic (exact) mass is 219 g/mol. The van der Waals surface area contributed by atoms with Crippen LogP contribution < -0.4 is 5.56 Å². The molecule has 0 bridgehead atoms. The summed E-state index contributed by atoms with van der Waals surface area (Å²) >= 11 is 0. The number of nitrogens with one attached hydrogen (secondary N) is 1. The van der Waals surface area contributed by atoms with Gasteiger partial charge in [0.1, 0.15) is 0 Å². The van der Waals surface area contributed by atoms with E-state index in [-0.39, 0.29) is 5.56 Å². The fourth-order valence-electron chi connectivity index (χ4n) is 1.71. The third-order valence-corrected chi connectivity index (χ3v) is 2.46. The molecule has 1 heterocycles. The Morgan fingerprint density at radius 2 is 1.88 bits per heavy atom. The van der Waals surface area contributed by atoms with Crippen LogP contribution in [0.15, 0.2) is 35.1 Å². The van der Waals surface area contributed by atoms with Gasteiger partial charge in [0, 0.05) is 19.6 Å². The van der Waals surface area contributed by atoms with E-state index in [2.05, 4.69) is 4.98 Å². The van der Waals surface area contributed by atoms with Crippen LogP contribution in [0.25, 0.3) is 10.8 Å². The lowest BCUT2D eigenvalue weighted by molar-refractivity contribution is -0.108. The van der Waals surface area contributed by atoms with E-state index >= 15 is 0 Å². The molecule has 1 aromatic carbocycles. The van der Waals surface area contributed by atoms with Gasteiger partial charge < -0.3 is 14.5 Å². The number of H-pyrrole nitrogens is 1. The number of ether oxygens (including phenoxy) is 2. The average Bonchev–Trinajstić information content (AvgIpc) is 2.31. The molecule has 0 unspecified atom stereocenters. The van der Waals surface area contributed by atoms with E-state index in [0.717, 1.165) is 5.39 Å². The van der Waals surface area contributed by atoms with Crippen molar-refractivity contribution in [1.29, 1.82) is 0 Å². The van der Waals surface area contributed by atoms with Gasteiger partial charge in [-0.3, -0.25) is 4.79 Å². The Balaban J connectivity index is 2.62. The number of benzene rings is 1. The second kappa shape index (κ2) is 4.47. The van der Waals surface area contributed by atoms with E-state index in [9.17, 15) is 4.79 Å². The summed E-state index contributed by atoms with van der Waals surface area (Å²) in [6, 6.07) is 9.25. The van der Waals surface area contributed by atoms with Crippen molar-refractivity contribution >= 4 is 10.8 Å². The highest BCUT2D eigenvalue weighted by molar-refractivity contribution is 5.81. The minimum absolute atomic E-state index is 0.132. The largest absolute Gasteiger partial charge is 0.350 e. The number of rotatable bonds is 3. The predicted octanol–water partition coefficient (Wildman–Crippen LogP) is 1.82. The molecule has 0 aliphatic rings. The Labute approximate surface area is 92.8 Å². The summed E-state index contributed by atoms with van der Waals surface area (Å²) in [6.07, 6.45) is -0.544. The summed E-state index contributed by atoms with van der Waals surface area (Å²) in [5.41, 5.74) is 0.487. The van der Waals surface area contributed by atoms with E-state index in [1.807, 2.05) is 24.3 Å². The van der Waals surface area contributed by atoms with Crippen molar-refractivity contribution in [1.82, 2.24) is 4.98 Å². The van der Waals surface area contributed by atoms with E-state index < -0.39 is 6.29 Å². The van der Waals surface area contributed by atoms with Crippen LogP contribution in [0.1, 0.15) is 12.0 Å². The number of aromatic amines is 1. The second-order valence-electron chi connectivity index (χ2n) is 3.44. The Kier molecular flexibility index (Phi) is 3.03. The van der Waals surface area contributed by atoms with E-state index in [1.165, 1.54) is 14.2 Å². The van der Waals surface area contributed by atoms with Crippen LogP contribution in [0.2, 0.25) is 0 Å². The summed E-state index contributed by atoms with van der Waals surface area (Å²) in [4.78, 5) is 14.5. The van der Waals surface area contributed by atoms with Gasteiger partial charge in [0.2, 0.25) is 0 Å². The molecule has 0 fully saturated rings. The SMILES string of the molecule is COC(OC)c1cc2ccccc2c(=O)[nH]1. The Morgan fingerprint density at radius 3 is 2.56 bits per heavy atom. The lowest BCUT2D eigenvalue weighted by atomic mass is 10.1. The number of pyridine rings is 1. The average molecular weight is 219 g/mol. The maximum atomic E-state index is 11.8. The summed E-state index contributed by atoms with van der Waals surface area (Å²) in [6.45, 7) is 0. The van der Waals surface area contributed by atoms with Crippen molar-refractivity contribution in [2.75, 3.05) is 14.2 Å². The van der Waals surface area contributed by atoms with Crippen LogP contribution in [0.3, 0.4) is 0 Å². The fourth-order valence-corrected chi connectivity index (χ4v) is 1.71. The highest BCUT2D eigenvalue weighted by Crippen LogP contribution is 2.17. The Hall–Kier alpha value is -1.65. The first-order valence-electron chi connectivity index (χ1n) is 4.94. The molecular weight excluding hydrogens is 206 g/mol. The minimum Gasteiger partial charge on any atom is -0.350 e. The molecule has 16 heavy (non-hydrogen) atoms. The molecule has 0 aliphatic carbocycles. The van der Waals surface area contributed by atoms with Crippen LogP contribution in [-0.4, -0.2) is 19.2 Å². The molecule has 1 aromatic heterocycles. The van der Waals surface area contributed by atoms with Crippen molar-refractivity contribution in [2.24, 2.45) is 0 Å². The normalized spacial score (nSPS) is 11.2. The molecule has 0 radical (unpaired) electrons. The molecular formula is C12H13NO3. The molecule has 0 atom stereocenters. The molecule has 4 heteroatoms. The van der Waals surface area contributed by atoms with Gasteiger partial charge in [-0.2, -0.15) is 0 Å². The first-order chi connectivity index (χ1) is 7.76. The van der Waals surface area contributed by atoms with Crippen LogP contribution >= 0.6 is 0 Å². The van der Waals surface area contributed by atoms with Crippen LogP contribution in [0, 0.1) is 0 Å². The highest BCUT2D eigenvalue weighted by atomic mass is 16.7. The molecule has 0 spiro atoms. The van der Waals surface area contributed by atoms with E-state index in [4.69, 9.17) is 9.47 Å². The van der Waals surface area contributed by atoms with Gasteiger partial charge in [-0.05, 0) is 17.5 Å². The smallest absolute Gasteiger partial charge is 0.256 e. The third-order valence-electron chi connectivity index (χ3n) is 2.46. The molecule has 2 rings (SSSR count). The van der Waals surface area contributed by atoms with Crippen molar-refractivity contribution < 1.29 is 9.47 Å². The van der Waals surface area contributed by atoms with Gasteiger partial charge in [0.25, 0.3) is 5.56 Å². The predicted molar refractivity (Wildman–Crippen MR) is 61.3 cm³/mol. The number of fused-ring (bicyclic) bond motifs is 1. The van der Waals surface area contributed by atoms with Crippen LogP contribution in [0.4, 0.5) is 0 Å². The molecule has 4 nitrogen and oxygen atoms in total. The van der Waals surface area contributed by atoms with Gasteiger partial charge in [-0.15, -0.1) is 0 Å². The zero-order valence-corrected chi connectivity index (χ0v) is 9.19. The minimum atomic E-state index is -0.544. The lowest BCUT2D eigenvalue weighted by Crippen LogP contribution is -2.14. The number of aromatic nitrogens is 1. The van der Waals surface area contributed by atoms with Crippen LogP contribution in [0.5, 0.6) is 0 Å². The van der Waals surface area contributed by atoms with Crippen LogP contribution in [-0.2, 0) is 9.47 Å². The van der Waals surface area contributed by atoms with Crippen molar-refractivity contribution in [3.8, 4) is 0 Å². The zero-order chi connectivity index (χ0) is 11.5. The Morgan fingerprint density at radius 1 is 1.19 bits per heavy atom. The van der Waals surface area contributed by atoms with Gasteiger partial charge in [0.05, 0.1) is 5.69 Å². The van der Waals surface area contributed by atoms with Crippen molar-refractivity contribution in [3.05, 3.63) is 46.4 Å². The third kappa shape index (κ3) is 1.85. The fraction of sp³-hybridized carbons (Fsp3) is 0.250. The quantitative estimate of drug-likeness (QED) is 0.801. The van der Waals surface area contributed by atoms with Crippen molar-refractivity contribution in [2.45, 2.75) is 6.29 Å². The van der Waals surface area contributed by atoms with Crippen molar-refractivity contribution in [3.63, 3.8) is 0 Å². The topological polar surface area (TPSA) is 51.3 Å². The van der Waals surface area contributed by atoms with Gasteiger partial charge >= 0.3 is 0 Å². The van der Waals surface area contributed by atoms with Gasteiger partial charge in [0.15, 0.2) is 6.29 Å². The molecule has 0 saturated heterocycles. The summed E-state index contributed by atoms with van der Waals surface area (Å²) in [5, 5.41) is 1.54. The molecule has 1 N–H and O–H groups in total. The number of hydrogen-bond acceptors (Lipinski definition) is 3. The summed E-state index contributed by atoms with van der Waals surface area (Å²) in [7, 11) is 3.06. The summed E-state index contributed by atoms with van der Waals surface area (Å²) < 4.78 is 10.2. The maximum absolute atomic E-state index is 11.8. The van der Waals surface area contributed by atoms with E-state index in [1.54, 1.807) is 6.07 Å².